The predicted octanol–water partition coefficient (Wildman–Crippen LogP) is 15.0. The van der Waals surface area contributed by atoms with Crippen molar-refractivity contribution in [2.24, 2.45) is 113 Å². The molecule has 0 heterocycles. The molecule has 376 valence electrons. The average Bonchev–Trinajstić information content (AvgIpc) is 3.85. The number of rotatable bonds is 5. The van der Waals surface area contributed by atoms with Gasteiger partial charge in [0.1, 0.15) is 11.6 Å². The Kier molecular flexibility index (Phi) is 12.1. The first kappa shape index (κ1) is 50.2. The van der Waals surface area contributed by atoms with Crippen LogP contribution in [0.1, 0.15) is 218 Å². The molecule has 0 aromatic rings. The Bertz CT molecular complexity index is 2050. The number of allylic oxidation sites excluding steroid dienone is 2. The fourth-order valence-electron chi connectivity index (χ4n) is 22.9. The average molecular weight is 923 g/mol. The molecule has 10 aliphatic rings. The molecular formula is C62H98O5. The van der Waals surface area contributed by atoms with E-state index >= 15 is 0 Å². The first-order chi connectivity index (χ1) is 31.1. The minimum absolute atomic E-state index is 0.128. The lowest BCUT2D eigenvalue weighted by Crippen LogP contribution is -2.66. The second kappa shape index (κ2) is 16.1. The third-order valence-corrected chi connectivity index (χ3v) is 26.8. The Labute approximate surface area is 409 Å². The van der Waals surface area contributed by atoms with Crippen molar-refractivity contribution in [3.63, 3.8) is 0 Å². The second-order valence-electron chi connectivity index (χ2n) is 29.3. The Morgan fingerprint density at radius 3 is 1.31 bits per heavy atom. The molecule has 5 heteroatoms. The molecule has 0 saturated heterocycles. The summed E-state index contributed by atoms with van der Waals surface area (Å²) in [5, 5.41) is 10.6. The lowest BCUT2D eigenvalue weighted by Gasteiger charge is -2.72. The quantitative estimate of drug-likeness (QED) is 0.219. The number of ketones is 2. The van der Waals surface area contributed by atoms with E-state index in [2.05, 4.69) is 96.2 Å². The van der Waals surface area contributed by atoms with Gasteiger partial charge in [0.15, 0.2) is 0 Å². The van der Waals surface area contributed by atoms with Crippen molar-refractivity contribution in [1.82, 2.24) is 0 Å². The Hall–Kier alpha value is -1.75. The summed E-state index contributed by atoms with van der Waals surface area (Å²) in [6.45, 7) is 40.6. The van der Waals surface area contributed by atoms with Crippen molar-refractivity contribution in [2.75, 3.05) is 13.2 Å². The predicted molar refractivity (Wildman–Crippen MR) is 272 cm³/mol. The fourth-order valence-corrected chi connectivity index (χ4v) is 22.9. The third kappa shape index (κ3) is 6.67. The third-order valence-electron chi connectivity index (χ3n) is 26.8. The summed E-state index contributed by atoms with van der Waals surface area (Å²) in [7, 11) is 0. The van der Waals surface area contributed by atoms with Crippen LogP contribution in [0.3, 0.4) is 0 Å². The van der Waals surface area contributed by atoms with Gasteiger partial charge in [0, 0.05) is 42.6 Å². The van der Waals surface area contributed by atoms with Gasteiger partial charge in [-0.2, -0.15) is 0 Å². The van der Waals surface area contributed by atoms with E-state index in [0.29, 0.717) is 100 Å². The molecule has 0 bridgehead atoms. The van der Waals surface area contributed by atoms with Crippen LogP contribution in [0.15, 0.2) is 24.3 Å². The van der Waals surface area contributed by atoms with Crippen LogP contribution in [0.2, 0.25) is 0 Å². The Balaban J connectivity index is 0.000000169. The molecule has 10 fully saturated rings. The molecule has 0 aromatic heterocycles. The summed E-state index contributed by atoms with van der Waals surface area (Å²) in [6.07, 6.45) is 23.5. The van der Waals surface area contributed by atoms with Gasteiger partial charge < -0.3 is 9.84 Å². The van der Waals surface area contributed by atoms with Crippen molar-refractivity contribution in [1.29, 1.82) is 0 Å². The van der Waals surface area contributed by atoms with Crippen LogP contribution in [0.5, 0.6) is 0 Å². The van der Waals surface area contributed by atoms with Gasteiger partial charge in [0.2, 0.25) is 0 Å². The van der Waals surface area contributed by atoms with Gasteiger partial charge in [0.25, 0.3) is 0 Å². The SMILES string of the molecule is C=C(C)[C@@H]1CC[C@]2(CO)CC[C@]3(C)C(CCC4[C@@]5(C)CCC(=O)C(C)(C)C5CC[C@]43C)C12.C=C(C)[C@@H]1CC[C@]2(COC(C)=O)CC[C@]3(C)C(CCC4[C@@]5(C)CCC(=O)C(C)(C)C5CC[C@]43C)C12. The highest BCUT2D eigenvalue weighted by molar-refractivity contribution is 5.86. The number of carbonyl (C=O) groups is 3. The van der Waals surface area contributed by atoms with Crippen LogP contribution < -0.4 is 0 Å². The van der Waals surface area contributed by atoms with Gasteiger partial charge in [-0.25, -0.2) is 0 Å². The van der Waals surface area contributed by atoms with Crippen LogP contribution in [0.25, 0.3) is 0 Å². The molecule has 8 unspecified atom stereocenters. The maximum absolute atomic E-state index is 13.0. The Morgan fingerprint density at radius 2 is 0.910 bits per heavy atom. The van der Waals surface area contributed by atoms with Gasteiger partial charge in [-0.1, -0.05) is 93.5 Å². The number of hydrogen-bond acceptors (Lipinski definition) is 5. The molecule has 18 atom stereocenters. The number of Topliss-reactive ketones (excluding diaryl/α,β-unsaturated/α-hetero) is 2. The highest BCUT2D eigenvalue weighted by Gasteiger charge is 2.73. The molecule has 0 spiro atoms. The van der Waals surface area contributed by atoms with Crippen LogP contribution in [0, 0.1) is 113 Å². The lowest BCUT2D eigenvalue weighted by molar-refractivity contribution is -0.237. The maximum Gasteiger partial charge on any atom is 0.302 e. The van der Waals surface area contributed by atoms with Gasteiger partial charge in [-0.15, -0.1) is 0 Å². The number of ether oxygens (including phenoxy) is 1. The van der Waals surface area contributed by atoms with Crippen LogP contribution in [-0.2, 0) is 19.1 Å². The van der Waals surface area contributed by atoms with Crippen LogP contribution >= 0.6 is 0 Å². The molecule has 5 nitrogen and oxygen atoms in total. The Morgan fingerprint density at radius 1 is 0.507 bits per heavy atom. The van der Waals surface area contributed by atoms with E-state index in [4.69, 9.17) is 4.74 Å². The molecule has 1 N–H and O–H groups in total. The first-order valence-electron chi connectivity index (χ1n) is 28.2. The number of esters is 1. The first-order valence-corrected chi connectivity index (χ1v) is 28.2. The van der Waals surface area contributed by atoms with Crippen molar-refractivity contribution < 1.29 is 24.2 Å². The van der Waals surface area contributed by atoms with Gasteiger partial charge in [0.05, 0.1) is 6.61 Å². The summed E-state index contributed by atoms with van der Waals surface area (Å²) in [5.74, 6) is 6.99. The smallest absolute Gasteiger partial charge is 0.302 e. The summed E-state index contributed by atoms with van der Waals surface area (Å²) < 4.78 is 5.78. The number of fused-ring (bicyclic) bond motifs is 14. The van der Waals surface area contributed by atoms with Gasteiger partial charge in [-0.3, -0.25) is 14.4 Å². The molecule has 10 rings (SSSR count). The minimum Gasteiger partial charge on any atom is -0.465 e. The van der Waals surface area contributed by atoms with E-state index in [1.807, 2.05) is 0 Å². The topological polar surface area (TPSA) is 80.7 Å². The molecular weight excluding hydrogens is 825 g/mol. The van der Waals surface area contributed by atoms with E-state index in [1.54, 1.807) is 6.92 Å². The maximum atomic E-state index is 13.0. The van der Waals surface area contributed by atoms with Crippen molar-refractivity contribution >= 4 is 17.5 Å². The number of aliphatic hydroxyl groups excluding tert-OH is 1. The van der Waals surface area contributed by atoms with Crippen LogP contribution in [-0.4, -0.2) is 35.9 Å². The molecule has 0 aliphatic heterocycles. The highest BCUT2D eigenvalue weighted by Crippen LogP contribution is 2.79. The van der Waals surface area contributed by atoms with E-state index in [0.717, 1.165) is 25.7 Å². The van der Waals surface area contributed by atoms with Crippen molar-refractivity contribution in [3.8, 4) is 0 Å². The normalized spacial score (nSPS) is 52.2. The second-order valence-corrected chi connectivity index (χ2v) is 29.3. The van der Waals surface area contributed by atoms with E-state index in [1.165, 1.54) is 114 Å². The number of hydrogen-bond donors (Lipinski definition) is 1. The zero-order valence-corrected chi connectivity index (χ0v) is 45.3. The molecule has 10 saturated carbocycles. The summed E-state index contributed by atoms with van der Waals surface area (Å²) in [6, 6.07) is 0. The number of aliphatic hydroxyl groups is 1. The van der Waals surface area contributed by atoms with E-state index in [9.17, 15) is 19.5 Å². The van der Waals surface area contributed by atoms with E-state index in [-0.39, 0.29) is 43.9 Å². The molecule has 10 aliphatic carbocycles. The van der Waals surface area contributed by atoms with Crippen molar-refractivity contribution in [2.45, 2.75) is 218 Å². The minimum atomic E-state index is -0.186. The zero-order valence-electron chi connectivity index (χ0n) is 45.3. The molecule has 0 aromatic carbocycles. The lowest BCUT2D eigenvalue weighted by atomic mass is 9.32. The molecule has 0 radical (unpaired) electrons. The van der Waals surface area contributed by atoms with E-state index < -0.39 is 0 Å². The zero-order chi connectivity index (χ0) is 48.9. The molecule has 67 heavy (non-hydrogen) atoms. The highest BCUT2D eigenvalue weighted by atomic mass is 16.5. The largest absolute Gasteiger partial charge is 0.465 e. The van der Waals surface area contributed by atoms with Crippen molar-refractivity contribution in [3.05, 3.63) is 24.3 Å². The van der Waals surface area contributed by atoms with Gasteiger partial charge in [-0.05, 0) is 227 Å². The summed E-state index contributed by atoms with van der Waals surface area (Å²) in [4.78, 5) is 37.7. The monoisotopic (exact) mass is 923 g/mol. The standard InChI is InChI=1S/C32H50O3.C30H48O2/c1-20(2)22-11-16-32(19-35-21(3)33)18-17-30(7)23(27(22)32)9-10-25-29(6)14-13-26(34)28(4,5)24(29)12-15-31(25,30)8;1-19(2)20-10-15-30(18-31)17-16-28(6)21(25(20)30)8-9-23-27(5)13-12-24(32)26(3,4)22(27)11-14-29(23,28)7/h22-25,27H,1,9-19H2,2-8H3;20-23,25,31H,1,8-18H2,2-7H3/t22-,23?,24?,25?,27?,29-,30+,31+,32+;20-,21?,22?,23?,25?,27-,28+,29+,30+/m00/s1. The van der Waals surface area contributed by atoms with Gasteiger partial charge >= 0.3 is 5.97 Å². The molecule has 0 amide bonds. The fraction of sp³-hybridized carbons (Fsp3) is 0.887. The summed E-state index contributed by atoms with van der Waals surface area (Å²) in [5.41, 5.74) is 4.39. The summed E-state index contributed by atoms with van der Waals surface area (Å²) >= 11 is 0. The van der Waals surface area contributed by atoms with Crippen LogP contribution in [0.4, 0.5) is 0 Å². The number of carbonyl (C=O) groups excluding carboxylic acids is 3.